The minimum Gasteiger partial charge on any atom is -0.457 e. The van der Waals surface area contributed by atoms with E-state index in [1.165, 1.54) is 60.7 Å². The molecule has 0 heterocycles. The molecule has 0 radical (unpaired) electrons. The summed E-state index contributed by atoms with van der Waals surface area (Å²) >= 11 is 0. The van der Waals surface area contributed by atoms with E-state index in [4.69, 9.17) is 9.47 Å². The normalized spacial score (nSPS) is 10.2. The Morgan fingerprint density at radius 3 is 1.85 bits per heavy atom. The predicted molar refractivity (Wildman–Crippen MR) is 91.0 cm³/mol. The van der Waals surface area contributed by atoms with Crippen LogP contribution >= 0.6 is 0 Å². The number of esters is 1. The molecule has 130 valence electrons. The Bertz CT molecular complexity index is 922. The van der Waals surface area contributed by atoms with Gasteiger partial charge in [-0.1, -0.05) is 0 Å². The second kappa shape index (κ2) is 7.43. The van der Waals surface area contributed by atoms with Crippen LogP contribution in [0.4, 0.5) is 10.1 Å². The van der Waals surface area contributed by atoms with E-state index in [1.54, 1.807) is 12.1 Å². The van der Waals surface area contributed by atoms with E-state index in [0.29, 0.717) is 17.1 Å². The van der Waals surface area contributed by atoms with Gasteiger partial charge in [0, 0.05) is 12.1 Å². The summed E-state index contributed by atoms with van der Waals surface area (Å²) in [6, 6.07) is 16.9. The summed E-state index contributed by atoms with van der Waals surface area (Å²) in [5, 5.41) is 10.6. The standard InChI is InChI=1S/C19H12FNO5/c20-14-3-9-18(10-4-14)26-19(22)13-1-7-16(8-2-13)25-17-11-5-15(6-12-17)21(23)24/h1-12H. The molecule has 3 aromatic carbocycles. The molecule has 0 aliphatic carbocycles. The molecule has 0 bridgehead atoms. The van der Waals surface area contributed by atoms with Crippen molar-refractivity contribution in [1.82, 2.24) is 0 Å². The molecular weight excluding hydrogens is 341 g/mol. The molecule has 0 saturated carbocycles. The van der Waals surface area contributed by atoms with E-state index in [1.807, 2.05) is 0 Å². The van der Waals surface area contributed by atoms with Crippen LogP contribution in [0, 0.1) is 15.9 Å². The van der Waals surface area contributed by atoms with Crippen molar-refractivity contribution in [3.05, 3.63) is 94.3 Å². The molecular formula is C19H12FNO5. The molecule has 0 unspecified atom stereocenters. The minimum absolute atomic E-state index is 0.0313. The van der Waals surface area contributed by atoms with Gasteiger partial charge < -0.3 is 9.47 Å². The fourth-order valence-corrected chi connectivity index (χ4v) is 2.10. The summed E-state index contributed by atoms with van der Waals surface area (Å²) < 4.78 is 23.5. The van der Waals surface area contributed by atoms with Crippen LogP contribution in [0.25, 0.3) is 0 Å². The van der Waals surface area contributed by atoms with Gasteiger partial charge in [-0.25, -0.2) is 9.18 Å². The molecule has 0 spiro atoms. The van der Waals surface area contributed by atoms with Crippen LogP contribution < -0.4 is 9.47 Å². The van der Waals surface area contributed by atoms with Crippen molar-refractivity contribution in [2.45, 2.75) is 0 Å². The zero-order valence-corrected chi connectivity index (χ0v) is 13.3. The van der Waals surface area contributed by atoms with E-state index in [9.17, 15) is 19.3 Å². The topological polar surface area (TPSA) is 78.7 Å². The molecule has 0 aromatic heterocycles. The number of carbonyl (C=O) groups is 1. The second-order valence-electron chi connectivity index (χ2n) is 5.22. The Balaban J connectivity index is 1.64. The lowest BCUT2D eigenvalue weighted by Crippen LogP contribution is -2.08. The maximum Gasteiger partial charge on any atom is 0.343 e. The van der Waals surface area contributed by atoms with Gasteiger partial charge in [0.25, 0.3) is 5.69 Å². The number of rotatable bonds is 5. The summed E-state index contributed by atoms with van der Waals surface area (Å²) in [7, 11) is 0. The third-order valence-electron chi connectivity index (χ3n) is 3.40. The highest BCUT2D eigenvalue weighted by Crippen LogP contribution is 2.24. The molecule has 3 rings (SSSR count). The van der Waals surface area contributed by atoms with Gasteiger partial charge in [0.1, 0.15) is 23.1 Å². The van der Waals surface area contributed by atoms with Crippen LogP contribution in [0.2, 0.25) is 0 Å². The SMILES string of the molecule is O=C(Oc1ccc(F)cc1)c1ccc(Oc2ccc([N+](=O)[O-])cc2)cc1. The number of halogens is 1. The molecule has 0 saturated heterocycles. The van der Waals surface area contributed by atoms with E-state index in [-0.39, 0.29) is 11.4 Å². The number of non-ortho nitro benzene ring substituents is 1. The van der Waals surface area contributed by atoms with E-state index < -0.39 is 16.7 Å². The van der Waals surface area contributed by atoms with Crippen molar-refractivity contribution in [2.24, 2.45) is 0 Å². The van der Waals surface area contributed by atoms with Gasteiger partial charge >= 0.3 is 5.97 Å². The van der Waals surface area contributed by atoms with Crippen LogP contribution in [0.15, 0.2) is 72.8 Å². The van der Waals surface area contributed by atoms with Gasteiger partial charge in [-0.05, 0) is 60.7 Å². The first-order valence-corrected chi connectivity index (χ1v) is 7.51. The first-order chi connectivity index (χ1) is 12.5. The van der Waals surface area contributed by atoms with Gasteiger partial charge in [-0.15, -0.1) is 0 Å². The van der Waals surface area contributed by atoms with Crippen LogP contribution in [0.5, 0.6) is 17.2 Å². The first kappa shape index (κ1) is 17.1. The van der Waals surface area contributed by atoms with E-state index >= 15 is 0 Å². The number of benzene rings is 3. The molecule has 0 atom stereocenters. The maximum absolute atomic E-state index is 12.8. The number of nitro benzene ring substituents is 1. The lowest BCUT2D eigenvalue weighted by Gasteiger charge is -2.07. The van der Waals surface area contributed by atoms with Crippen LogP contribution in [0.1, 0.15) is 10.4 Å². The molecule has 0 fully saturated rings. The summed E-state index contributed by atoms with van der Waals surface area (Å²) in [6.07, 6.45) is 0. The quantitative estimate of drug-likeness (QED) is 0.286. The zero-order chi connectivity index (χ0) is 18.5. The van der Waals surface area contributed by atoms with Gasteiger partial charge in [-0.2, -0.15) is 0 Å². The third-order valence-corrected chi connectivity index (χ3v) is 3.40. The molecule has 3 aromatic rings. The lowest BCUT2D eigenvalue weighted by atomic mass is 10.2. The number of carbonyl (C=O) groups excluding carboxylic acids is 1. The van der Waals surface area contributed by atoms with Gasteiger partial charge in [0.05, 0.1) is 10.5 Å². The highest BCUT2D eigenvalue weighted by molar-refractivity contribution is 5.91. The van der Waals surface area contributed by atoms with Gasteiger partial charge in [0.15, 0.2) is 0 Å². The van der Waals surface area contributed by atoms with Crippen molar-refractivity contribution in [3.8, 4) is 17.2 Å². The summed E-state index contributed by atoms with van der Waals surface area (Å²) in [4.78, 5) is 22.2. The fourth-order valence-electron chi connectivity index (χ4n) is 2.10. The number of nitro groups is 1. The Morgan fingerprint density at radius 2 is 1.31 bits per heavy atom. The van der Waals surface area contributed by atoms with E-state index in [0.717, 1.165) is 0 Å². The van der Waals surface area contributed by atoms with Crippen molar-refractivity contribution in [2.75, 3.05) is 0 Å². The highest BCUT2D eigenvalue weighted by Gasteiger charge is 2.10. The Hall–Kier alpha value is -3.74. The Morgan fingerprint density at radius 1 is 0.808 bits per heavy atom. The average Bonchev–Trinajstić information content (AvgIpc) is 2.64. The fraction of sp³-hybridized carbons (Fsp3) is 0. The molecule has 0 aliphatic rings. The van der Waals surface area contributed by atoms with Crippen LogP contribution in [-0.4, -0.2) is 10.9 Å². The molecule has 0 amide bonds. The predicted octanol–water partition coefficient (Wildman–Crippen LogP) is 4.75. The Labute approximate surface area is 147 Å². The number of hydrogen-bond donors (Lipinski definition) is 0. The molecule has 6 nitrogen and oxygen atoms in total. The lowest BCUT2D eigenvalue weighted by molar-refractivity contribution is -0.384. The second-order valence-corrected chi connectivity index (χ2v) is 5.22. The van der Waals surface area contributed by atoms with E-state index in [2.05, 4.69) is 0 Å². The Kier molecular flexibility index (Phi) is 4.89. The molecule has 0 aliphatic heterocycles. The number of nitrogens with zero attached hydrogens (tertiary/aromatic N) is 1. The van der Waals surface area contributed by atoms with Gasteiger partial charge in [-0.3, -0.25) is 10.1 Å². The van der Waals surface area contributed by atoms with Gasteiger partial charge in [0.2, 0.25) is 0 Å². The molecule has 26 heavy (non-hydrogen) atoms. The average molecular weight is 353 g/mol. The van der Waals surface area contributed by atoms with Crippen LogP contribution in [-0.2, 0) is 0 Å². The third kappa shape index (κ3) is 4.21. The minimum atomic E-state index is -0.585. The van der Waals surface area contributed by atoms with Crippen molar-refractivity contribution in [1.29, 1.82) is 0 Å². The number of ether oxygens (including phenoxy) is 2. The number of hydrogen-bond acceptors (Lipinski definition) is 5. The van der Waals surface area contributed by atoms with Crippen LogP contribution in [0.3, 0.4) is 0 Å². The van der Waals surface area contributed by atoms with Crippen molar-refractivity contribution < 1.29 is 23.6 Å². The summed E-state index contributed by atoms with van der Waals surface area (Å²) in [5.41, 5.74) is 0.265. The zero-order valence-electron chi connectivity index (χ0n) is 13.3. The largest absolute Gasteiger partial charge is 0.457 e. The van der Waals surface area contributed by atoms with Crippen molar-refractivity contribution in [3.63, 3.8) is 0 Å². The summed E-state index contributed by atoms with van der Waals surface area (Å²) in [5.74, 6) is 0.119. The van der Waals surface area contributed by atoms with Crippen molar-refractivity contribution >= 4 is 11.7 Å². The first-order valence-electron chi connectivity index (χ1n) is 7.51. The molecule has 0 N–H and O–H groups in total. The smallest absolute Gasteiger partial charge is 0.343 e. The maximum atomic E-state index is 12.8. The highest BCUT2D eigenvalue weighted by atomic mass is 19.1. The molecule has 7 heteroatoms. The summed E-state index contributed by atoms with van der Waals surface area (Å²) in [6.45, 7) is 0. The monoisotopic (exact) mass is 353 g/mol.